The molecule has 0 saturated carbocycles. The fourth-order valence-electron chi connectivity index (χ4n) is 5.46. The summed E-state index contributed by atoms with van der Waals surface area (Å²) in [4.78, 5) is 66.2. The number of nitrogens with one attached hydrogen (secondary N) is 2. The van der Waals surface area contributed by atoms with Crippen LogP contribution in [0.25, 0.3) is 22.3 Å². The molecule has 2 unspecified atom stereocenters. The predicted molar refractivity (Wildman–Crippen MR) is 148 cm³/mol. The molecule has 248 valence electrons. The van der Waals surface area contributed by atoms with Gasteiger partial charge in [0.2, 0.25) is 11.9 Å². The third-order valence-electron chi connectivity index (χ3n) is 7.46. The van der Waals surface area contributed by atoms with Crippen LogP contribution >= 0.6 is 15.6 Å². The Hall–Kier alpha value is -3.64. The van der Waals surface area contributed by atoms with Crippen molar-refractivity contribution in [3.05, 3.63) is 33.4 Å². The number of anilines is 2. The monoisotopic (exact) mass is 689 g/mol. The number of phosphoric acid groups is 2. The second-order valence-corrected chi connectivity index (χ2v) is 13.2. The van der Waals surface area contributed by atoms with Gasteiger partial charge in [0, 0.05) is 0 Å². The molecule has 11 N–H and O–H groups in total. The molecule has 3 fully saturated rings. The molecule has 24 nitrogen and oxygen atoms in total. The van der Waals surface area contributed by atoms with Gasteiger partial charge in [-0.2, -0.15) is 9.97 Å². The molecular formula is C20H25N11O13P2. The number of nitrogens with two attached hydrogens (primary N) is 3. The highest BCUT2D eigenvalue weighted by Gasteiger charge is 2.53. The molecule has 0 bridgehead atoms. The Morgan fingerprint density at radius 1 is 0.804 bits per heavy atom. The average Bonchev–Trinajstić information content (AvgIpc) is 3.72. The second kappa shape index (κ2) is 11.0. The lowest BCUT2D eigenvalue weighted by Crippen LogP contribution is -2.42. The van der Waals surface area contributed by atoms with Gasteiger partial charge in [-0.3, -0.25) is 46.8 Å². The first-order valence-corrected chi connectivity index (χ1v) is 16.2. The fourth-order valence-corrected chi connectivity index (χ4v) is 7.40. The highest BCUT2D eigenvalue weighted by Crippen LogP contribution is 2.53. The van der Waals surface area contributed by atoms with Crippen LogP contribution in [0.2, 0.25) is 0 Å². The van der Waals surface area contributed by atoms with Gasteiger partial charge >= 0.3 is 15.6 Å². The summed E-state index contributed by atoms with van der Waals surface area (Å²) in [6, 6.07) is -1.29. The lowest BCUT2D eigenvalue weighted by molar-refractivity contribution is -0.0662. The average molecular weight is 689 g/mol. The number of H-pyrrole nitrogens is 2. The number of aliphatic hydroxyl groups is 1. The van der Waals surface area contributed by atoms with Gasteiger partial charge in [-0.1, -0.05) is 0 Å². The molecule has 4 aromatic heterocycles. The van der Waals surface area contributed by atoms with Crippen molar-refractivity contribution in [2.75, 3.05) is 24.7 Å². The minimum absolute atomic E-state index is 0.0405. The Kier molecular flexibility index (Phi) is 7.39. The van der Waals surface area contributed by atoms with Crippen molar-refractivity contribution in [3.8, 4) is 0 Å². The fraction of sp³-hybridized carbons (Fsp3) is 0.500. The molecular weight excluding hydrogens is 664 g/mol. The molecule has 3 saturated heterocycles. The predicted octanol–water partition coefficient (Wildman–Crippen LogP) is -3.08. The van der Waals surface area contributed by atoms with Crippen LogP contribution in [0.15, 0.2) is 22.2 Å². The first-order valence-electron chi connectivity index (χ1n) is 13.2. The lowest BCUT2D eigenvalue weighted by Gasteiger charge is -2.28. The smallest absolute Gasteiger partial charge is 0.386 e. The van der Waals surface area contributed by atoms with Crippen molar-refractivity contribution in [2.24, 2.45) is 5.73 Å². The van der Waals surface area contributed by atoms with Gasteiger partial charge in [0.15, 0.2) is 34.8 Å². The number of aliphatic hydroxyl groups excluding tert-OH is 1. The zero-order valence-corrected chi connectivity index (χ0v) is 24.7. The van der Waals surface area contributed by atoms with E-state index in [0.717, 1.165) is 10.9 Å². The SMILES string of the molecule is Nc1nc2c(ncn2[C@@H]2O[C@@H]3COP(=O)(O)O[C@@H]4[C@@H](O)[C@H](n5cnc6c(=O)[nH]c(N)nc65)O[C@@H]4COP(=O)(O)O[C@H]3[C@H]2N)c(=O)[nH]1. The molecule has 0 spiro atoms. The first-order chi connectivity index (χ1) is 21.7. The molecule has 3 aliphatic heterocycles. The maximum Gasteiger partial charge on any atom is 0.472 e. The molecule has 10 atom stereocenters. The Morgan fingerprint density at radius 2 is 1.26 bits per heavy atom. The summed E-state index contributed by atoms with van der Waals surface area (Å²) in [5.41, 5.74) is 15.9. The second-order valence-electron chi connectivity index (χ2n) is 10.4. The Labute approximate surface area is 253 Å². The van der Waals surface area contributed by atoms with Crippen molar-refractivity contribution >= 4 is 49.9 Å². The minimum atomic E-state index is -5.06. The van der Waals surface area contributed by atoms with E-state index in [2.05, 4.69) is 29.9 Å². The van der Waals surface area contributed by atoms with Gasteiger partial charge in [-0.05, 0) is 0 Å². The molecule has 26 heteroatoms. The highest BCUT2D eigenvalue weighted by molar-refractivity contribution is 7.47. The third-order valence-corrected chi connectivity index (χ3v) is 9.43. The van der Waals surface area contributed by atoms with Gasteiger partial charge in [-0.25, -0.2) is 19.1 Å². The summed E-state index contributed by atoms with van der Waals surface area (Å²) >= 11 is 0. The van der Waals surface area contributed by atoms with Crippen LogP contribution in [-0.2, 0) is 36.7 Å². The van der Waals surface area contributed by atoms with Crippen molar-refractivity contribution in [3.63, 3.8) is 0 Å². The Morgan fingerprint density at radius 3 is 1.80 bits per heavy atom. The molecule has 7 rings (SSSR count). The number of imidazole rings is 2. The number of rotatable bonds is 2. The van der Waals surface area contributed by atoms with Gasteiger partial charge in [0.25, 0.3) is 11.1 Å². The van der Waals surface area contributed by atoms with Crippen molar-refractivity contribution in [2.45, 2.75) is 49.0 Å². The Bertz CT molecular complexity index is 1900. The molecule has 0 aliphatic carbocycles. The van der Waals surface area contributed by atoms with Crippen molar-refractivity contribution in [1.29, 1.82) is 0 Å². The molecule has 3 aliphatic rings. The quantitative estimate of drug-likeness (QED) is 0.0967. The van der Waals surface area contributed by atoms with E-state index in [9.17, 15) is 33.6 Å². The summed E-state index contributed by atoms with van der Waals surface area (Å²) in [5, 5.41) is 11.1. The van der Waals surface area contributed by atoms with Gasteiger partial charge in [0.05, 0.1) is 31.9 Å². The topological polar surface area (TPSA) is 355 Å². The van der Waals surface area contributed by atoms with E-state index in [1.807, 2.05) is 0 Å². The molecule has 7 heterocycles. The van der Waals surface area contributed by atoms with Crippen LogP contribution in [0.4, 0.5) is 11.9 Å². The number of hydrogen-bond donors (Lipinski definition) is 8. The molecule has 0 radical (unpaired) electrons. The highest BCUT2D eigenvalue weighted by atomic mass is 31.2. The molecule has 0 aromatic carbocycles. The number of ether oxygens (including phenoxy) is 2. The van der Waals surface area contributed by atoms with Crippen molar-refractivity contribution in [1.82, 2.24) is 39.0 Å². The van der Waals surface area contributed by atoms with Crippen LogP contribution < -0.4 is 28.3 Å². The van der Waals surface area contributed by atoms with E-state index in [1.165, 1.54) is 10.9 Å². The standard InChI is InChI=1S/C20H25N11O13P2/c21-7-11-5(41-17(7)30-3-24-8-13(30)26-19(22)28-15(8)33)1-39-46(37,38)44-12-6(2-40-45(35,36)43-11)42-18(10(12)32)31-4-25-9-14(31)27-20(23)29-16(9)34/h3-7,10-12,17-18,32H,1-2,21H2,(H,35,36)(H,37,38)(H3,22,26,28,33)(H3,23,27,29,34)/t5-,6-,7-,10-,11-,12+,17-,18-/m1/s1. The number of aromatic amines is 2. The van der Waals surface area contributed by atoms with Crippen LogP contribution in [0.3, 0.4) is 0 Å². The van der Waals surface area contributed by atoms with Crippen LogP contribution in [0.5, 0.6) is 0 Å². The summed E-state index contributed by atoms with van der Waals surface area (Å²) in [6.07, 6.45) is -8.33. The Balaban J connectivity index is 1.18. The van der Waals surface area contributed by atoms with E-state index in [1.54, 1.807) is 0 Å². The van der Waals surface area contributed by atoms with Crippen molar-refractivity contribution < 1.29 is 51.6 Å². The van der Waals surface area contributed by atoms with E-state index >= 15 is 0 Å². The molecule has 46 heavy (non-hydrogen) atoms. The maximum absolute atomic E-state index is 13.1. The van der Waals surface area contributed by atoms with Crippen LogP contribution in [0.1, 0.15) is 12.5 Å². The number of fused-ring (bicyclic) bond motifs is 4. The van der Waals surface area contributed by atoms with Crippen LogP contribution in [-0.4, -0.2) is 104 Å². The number of hydrogen-bond acceptors (Lipinski definition) is 18. The molecule has 0 amide bonds. The third kappa shape index (κ3) is 5.33. The lowest BCUT2D eigenvalue weighted by atomic mass is 10.1. The maximum atomic E-state index is 13.1. The normalized spacial score (nSPS) is 37.1. The van der Waals surface area contributed by atoms with E-state index in [-0.39, 0.29) is 34.2 Å². The summed E-state index contributed by atoms with van der Waals surface area (Å²) in [6.45, 7) is -1.62. The van der Waals surface area contributed by atoms with E-state index in [0.29, 0.717) is 0 Å². The summed E-state index contributed by atoms with van der Waals surface area (Å²) in [5.74, 6) is -0.510. The van der Waals surface area contributed by atoms with E-state index in [4.69, 9.17) is 44.8 Å². The van der Waals surface area contributed by atoms with Crippen LogP contribution in [0, 0.1) is 0 Å². The van der Waals surface area contributed by atoms with Gasteiger partial charge in [0.1, 0.15) is 30.5 Å². The number of nitrogens with zero attached hydrogens (tertiary/aromatic N) is 6. The number of nitrogen functional groups attached to an aromatic ring is 2. The molecule has 4 aromatic rings. The van der Waals surface area contributed by atoms with Gasteiger partial charge in [-0.15, -0.1) is 0 Å². The van der Waals surface area contributed by atoms with E-state index < -0.39 is 89.0 Å². The minimum Gasteiger partial charge on any atom is -0.386 e. The number of phosphoric ester groups is 2. The summed E-state index contributed by atoms with van der Waals surface area (Å²) < 4.78 is 61.2. The zero-order valence-electron chi connectivity index (χ0n) is 22.9. The van der Waals surface area contributed by atoms with Gasteiger partial charge < -0.3 is 41.6 Å². The zero-order chi connectivity index (χ0) is 32.7. The number of aromatic nitrogens is 8. The summed E-state index contributed by atoms with van der Waals surface area (Å²) in [7, 11) is -10.1. The first kappa shape index (κ1) is 31.0. The largest absolute Gasteiger partial charge is 0.472 e.